The summed E-state index contributed by atoms with van der Waals surface area (Å²) in [7, 11) is 2.16. The third kappa shape index (κ3) is 3.27. The van der Waals surface area contributed by atoms with E-state index in [1.165, 1.54) is 23.2 Å². The lowest BCUT2D eigenvalue weighted by Crippen LogP contribution is -2.28. The van der Waals surface area contributed by atoms with E-state index in [0.717, 1.165) is 37.2 Å². The molecule has 0 radical (unpaired) electrons. The third-order valence-electron chi connectivity index (χ3n) is 5.27. The molecule has 0 bridgehead atoms. The molecule has 0 saturated heterocycles. The molecule has 1 atom stereocenters. The second-order valence-electron chi connectivity index (χ2n) is 7.01. The zero-order valence-electron chi connectivity index (χ0n) is 15.5. The molecule has 1 aliphatic rings. The van der Waals surface area contributed by atoms with Crippen molar-refractivity contribution in [2.45, 2.75) is 45.2 Å². The first-order chi connectivity index (χ1) is 12.8. The summed E-state index contributed by atoms with van der Waals surface area (Å²) in [6, 6.07) is 13.0. The van der Waals surface area contributed by atoms with Crippen LogP contribution in [0.4, 0.5) is 0 Å². The highest BCUT2D eigenvalue weighted by atomic mass is 15.4. The molecular formula is C21H25N5. The number of pyridine rings is 1. The van der Waals surface area contributed by atoms with Gasteiger partial charge in [-0.15, -0.1) is 5.10 Å². The van der Waals surface area contributed by atoms with Crippen molar-refractivity contribution in [3.05, 3.63) is 71.3 Å². The number of aromatic nitrogens is 4. The van der Waals surface area contributed by atoms with Gasteiger partial charge in [-0.05, 0) is 56.0 Å². The lowest BCUT2D eigenvalue weighted by molar-refractivity contribution is 0.206. The monoisotopic (exact) mass is 347 g/mol. The van der Waals surface area contributed by atoms with Gasteiger partial charge in [-0.3, -0.25) is 9.88 Å². The molecule has 134 valence electrons. The minimum absolute atomic E-state index is 0.355. The first-order valence-corrected chi connectivity index (χ1v) is 9.39. The zero-order chi connectivity index (χ0) is 17.9. The molecule has 0 amide bonds. The molecule has 1 unspecified atom stereocenters. The van der Waals surface area contributed by atoms with Crippen molar-refractivity contribution in [3.63, 3.8) is 0 Å². The molecule has 1 aromatic carbocycles. The minimum Gasteiger partial charge on any atom is -0.292 e. The predicted molar refractivity (Wildman–Crippen MR) is 102 cm³/mol. The van der Waals surface area contributed by atoms with Crippen LogP contribution >= 0.6 is 0 Å². The van der Waals surface area contributed by atoms with Gasteiger partial charge in [0.2, 0.25) is 0 Å². The summed E-state index contributed by atoms with van der Waals surface area (Å²) in [4.78, 5) is 7.01. The Kier molecular flexibility index (Phi) is 4.80. The van der Waals surface area contributed by atoms with Crippen LogP contribution in [0.15, 0.2) is 48.8 Å². The maximum Gasteiger partial charge on any atom is 0.0971 e. The number of aryl methyl sites for hydroxylation is 2. The molecule has 0 spiro atoms. The van der Waals surface area contributed by atoms with Crippen LogP contribution < -0.4 is 0 Å². The van der Waals surface area contributed by atoms with Crippen LogP contribution in [0, 0.1) is 0 Å². The molecule has 2 heterocycles. The Morgan fingerprint density at radius 3 is 2.96 bits per heavy atom. The van der Waals surface area contributed by atoms with Crippen molar-refractivity contribution in [3.8, 4) is 5.69 Å². The van der Waals surface area contributed by atoms with Crippen LogP contribution in [0.25, 0.3) is 5.69 Å². The molecule has 0 saturated carbocycles. The van der Waals surface area contributed by atoms with Crippen molar-refractivity contribution in [2.75, 3.05) is 7.05 Å². The first kappa shape index (κ1) is 16.9. The van der Waals surface area contributed by atoms with Crippen LogP contribution in [0.3, 0.4) is 0 Å². The molecule has 4 rings (SSSR count). The summed E-state index contributed by atoms with van der Waals surface area (Å²) in [5.41, 5.74) is 5.99. The molecule has 0 N–H and O–H groups in total. The normalized spacial score (nSPS) is 16.7. The molecular weight excluding hydrogens is 322 g/mol. The first-order valence-electron chi connectivity index (χ1n) is 9.39. The van der Waals surface area contributed by atoms with Crippen LogP contribution in [0.1, 0.15) is 48.3 Å². The number of hydrogen-bond acceptors (Lipinski definition) is 4. The molecule has 1 aliphatic carbocycles. The highest BCUT2D eigenvalue weighted by molar-refractivity contribution is 5.40. The number of nitrogens with zero attached hydrogens (tertiary/aromatic N) is 5. The average molecular weight is 347 g/mol. The summed E-state index contributed by atoms with van der Waals surface area (Å²) in [6.07, 6.45) is 8.43. The summed E-state index contributed by atoms with van der Waals surface area (Å²) >= 11 is 0. The van der Waals surface area contributed by atoms with Gasteiger partial charge < -0.3 is 0 Å². The van der Waals surface area contributed by atoms with Gasteiger partial charge in [-0.25, -0.2) is 4.68 Å². The minimum atomic E-state index is 0.355. The molecule has 5 nitrogen and oxygen atoms in total. The van der Waals surface area contributed by atoms with E-state index >= 15 is 0 Å². The van der Waals surface area contributed by atoms with E-state index in [-0.39, 0.29) is 0 Å². The van der Waals surface area contributed by atoms with Crippen LogP contribution in [0.5, 0.6) is 0 Å². The highest BCUT2D eigenvalue weighted by Crippen LogP contribution is 2.32. The van der Waals surface area contributed by atoms with Gasteiger partial charge in [-0.1, -0.05) is 36.4 Å². The van der Waals surface area contributed by atoms with Gasteiger partial charge in [-0.2, -0.15) is 0 Å². The topological polar surface area (TPSA) is 46.8 Å². The Hall–Kier alpha value is -2.53. The highest BCUT2D eigenvalue weighted by Gasteiger charge is 2.25. The Morgan fingerprint density at radius 1 is 1.19 bits per heavy atom. The number of para-hydroxylation sites is 1. The lowest BCUT2D eigenvalue weighted by Gasteiger charge is -2.31. The van der Waals surface area contributed by atoms with Crippen molar-refractivity contribution in [1.82, 2.24) is 24.9 Å². The van der Waals surface area contributed by atoms with Gasteiger partial charge in [0.25, 0.3) is 0 Å². The average Bonchev–Trinajstić information content (AvgIpc) is 3.15. The fraction of sp³-hybridized carbons (Fsp3) is 0.381. The van der Waals surface area contributed by atoms with Gasteiger partial charge in [0.15, 0.2) is 0 Å². The van der Waals surface area contributed by atoms with E-state index in [0.29, 0.717) is 6.04 Å². The summed E-state index contributed by atoms with van der Waals surface area (Å²) < 4.78 is 1.90. The number of fused-ring (bicyclic) bond motifs is 1. The Balaban J connectivity index is 1.53. The summed E-state index contributed by atoms with van der Waals surface area (Å²) in [5.74, 6) is 0. The second kappa shape index (κ2) is 7.38. The molecule has 5 heteroatoms. The number of benzene rings is 1. The molecule has 0 fully saturated rings. The number of hydrogen-bond donors (Lipinski definition) is 0. The maximum absolute atomic E-state index is 4.66. The van der Waals surface area contributed by atoms with Crippen LogP contribution in [-0.4, -0.2) is 31.9 Å². The van der Waals surface area contributed by atoms with Crippen LogP contribution in [-0.2, 0) is 19.4 Å². The van der Waals surface area contributed by atoms with Gasteiger partial charge in [0, 0.05) is 12.7 Å². The van der Waals surface area contributed by atoms with Gasteiger partial charge in [0.1, 0.15) is 0 Å². The smallest absolute Gasteiger partial charge is 0.0971 e. The number of rotatable bonds is 5. The SMILES string of the molecule is CCc1ccccc1-n1cc(CN(C)C2CCCc3cccnc32)nn1. The van der Waals surface area contributed by atoms with E-state index in [9.17, 15) is 0 Å². The Morgan fingerprint density at radius 2 is 2.08 bits per heavy atom. The van der Waals surface area contributed by atoms with E-state index in [2.05, 4.69) is 58.4 Å². The molecule has 0 aliphatic heterocycles. The largest absolute Gasteiger partial charge is 0.292 e. The van der Waals surface area contributed by atoms with Crippen LogP contribution in [0.2, 0.25) is 0 Å². The quantitative estimate of drug-likeness (QED) is 0.705. The van der Waals surface area contributed by atoms with E-state index in [4.69, 9.17) is 0 Å². The molecule has 26 heavy (non-hydrogen) atoms. The third-order valence-corrected chi connectivity index (χ3v) is 5.27. The van der Waals surface area contributed by atoms with Crippen molar-refractivity contribution in [1.29, 1.82) is 0 Å². The second-order valence-corrected chi connectivity index (χ2v) is 7.01. The van der Waals surface area contributed by atoms with Crippen molar-refractivity contribution < 1.29 is 0 Å². The molecule has 2 aromatic heterocycles. The van der Waals surface area contributed by atoms with E-state index < -0.39 is 0 Å². The zero-order valence-corrected chi connectivity index (χ0v) is 15.5. The summed E-state index contributed by atoms with van der Waals surface area (Å²) in [6.45, 7) is 2.94. The van der Waals surface area contributed by atoms with E-state index in [1.807, 2.05) is 29.2 Å². The maximum atomic E-state index is 4.66. The van der Waals surface area contributed by atoms with Gasteiger partial charge in [0.05, 0.1) is 29.3 Å². The summed E-state index contributed by atoms with van der Waals surface area (Å²) in [5, 5.41) is 8.77. The fourth-order valence-electron chi connectivity index (χ4n) is 3.90. The fourth-order valence-corrected chi connectivity index (χ4v) is 3.90. The van der Waals surface area contributed by atoms with E-state index in [1.54, 1.807) is 0 Å². The van der Waals surface area contributed by atoms with Gasteiger partial charge >= 0.3 is 0 Å². The lowest BCUT2D eigenvalue weighted by atomic mass is 9.91. The molecule has 3 aromatic rings. The van der Waals surface area contributed by atoms with Crippen molar-refractivity contribution in [2.24, 2.45) is 0 Å². The Bertz CT molecular complexity index is 885. The Labute approximate surface area is 154 Å². The standard InChI is InChI=1S/C21H25N5/c1-3-16-8-4-5-11-19(16)26-15-18(23-24-26)14-25(2)20-12-6-9-17-10-7-13-22-21(17)20/h4-5,7-8,10-11,13,15,20H,3,6,9,12,14H2,1-2H3. The predicted octanol–water partition coefficient (Wildman–Crippen LogP) is 3.73. The van der Waals surface area contributed by atoms with Crippen molar-refractivity contribution >= 4 is 0 Å².